The van der Waals surface area contributed by atoms with E-state index in [4.69, 9.17) is 4.42 Å². The average Bonchev–Trinajstić information content (AvgIpc) is 3.20. The van der Waals surface area contributed by atoms with Gasteiger partial charge in [0.15, 0.2) is 5.17 Å². The van der Waals surface area contributed by atoms with E-state index in [9.17, 15) is 22.4 Å². The maximum Gasteiger partial charge on any atom is 0.408 e. The molecule has 28 heavy (non-hydrogen) atoms. The Hall–Kier alpha value is -2.49. The Kier molecular flexibility index (Phi) is 6.28. The summed E-state index contributed by atoms with van der Waals surface area (Å²) in [5, 5.41) is 5.01. The second-order valence-corrected chi connectivity index (χ2v) is 7.10. The van der Waals surface area contributed by atoms with Crippen molar-refractivity contribution < 1.29 is 26.8 Å². The number of carbonyl (C=O) groups is 1. The number of carbonyl (C=O) groups excluding carboxylic acids is 1. The third kappa shape index (κ3) is 5.51. The summed E-state index contributed by atoms with van der Waals surface area (Å²) in [7, 11) is 0. The van der Waals surface area contributed by atoms with Crippen molar-refractivity contribution >= 4 is 22.8 Å². The van der Waals surface area contributed by atoms with E-state index in [1.165, 1.54) is 30.5 Å². The van der Waals surface area contributed by atoms with Crippen LogP contribution in [-0.2, 0) is 11.3 Å². The fraction of sp³-hybridized carbons (Fsp3) is 0.333. The molecule has 5 nitrogen and oxygen atoms in total. The first-order valence-electron chi connectivity index (χ1n) is 8.39. The number of aliphatic imine (C=N–C) groups is 1. The van der Waals surface area contributed by atoms with E-state index in [-0.39, 0.29) is 35.6 Å². The van der Waals surface area contributed by atoms with Crippen molar-refractivity contribution in [2.75, 3.05) is 5.75 Å². The van der Waals surface area contributed by atoms with Crippen LogP contribution in [-0.4, -0.2) is 29.0 Å². The van der Waals surface area contributed by atoms with Crippen molar-refractivity contribution in [2.24, 2.45) is 4.99 Å². The van der Waals surface area contributed by atoms with Crippen molar-refractivity contribution in [3.8, 4) is 0 Å². The lowest BCUT2D eigenvalue weighted by Crippen LogP contribution is -2.48. The minimum atomic E-state index is -4.45. The molecule has 0 aliphatic carbocycles. The minimum Gasteiger partial charge on any atom is -0.467 e. The summed E-state index contributed by atoms with van der Waals surface area (Å²) < 4.78 is 57.7. The predicted octanol–water partition coefficient (Wildman–Crippen LogP) is 3.79. The molecule has 10 heteroatoms. The van der Waals surface area contributed by atoms with Crippen LogP contribution in [0.15, 0.2) is 52.1 Å². The van der Waals surface area contributed by atoms with Gasteiger partial charge >= 0.3 is 6.18 Å². The molecule has 0 saturated carbocycles. The molecule has 2 aromatic rings. The summed E-state index contributed by atoms with van der Waals surface area (Å²) in [5.74, 6) is -0.517. The maximum absolute atomic E-state index is 13.2. The van der Waals surface area contributed by atoms with Gasteiger partial charge in [0, 0.05) is 13.0 Å². The molecule has 1 aromatic heterocycles. The smallest absolute Gasteiger partial charge is 0.408 e. The normalized spacial score (nSPS) is 19.6. The van der Waals surface area contributed by atoms with E-state index >= 15 is 0 Å². The van der Waals surface area contributed by atoms with E-state index in [0.717, 1.165) is 11.8 Å². The number of nitrogens with one attached hydrogen (secondary N) is 2. The van der Waals surface area contributed by atoms with Crippen LogP contribution < -0.4 is 10.6 Å². The summed E-state index contributed by atoms with van der Waals surface area (Å²) in [4.78, 5) is 16.2. The molecule has 0 fully saturated rings. The summed E-state index contributed by atoms with van der Waals surface area (Å²) in [6, 6.07) is 6.26. The Bertz CT molecular complexity index is 822. The Morgan fingerprint density at radius 2 is 2.04 bits per heavy atom. The lowest BCUT2D eigenvalue weighted by molar-refractivity contribution is -0.155. The molecule has 0 bridgehead atoms. The first-order chi connectivity index (χ1) is 13.3. The molecule has 0 saturated heterocycles. The van der Waals surface area contributed by atoms with Gasteiger partial charge in [-0.05, 0) is 29.8 Å². The number of halogens is 4. The lowest BCUT2D eigenvalue weighted by Gasteiger charge is -2.29. The van der Waals surface area contributed by atoms with Gasteiger partial charge in [0.1, 0.15) is 23.7 Å². The van der Waals surface area contributed by atoms with Gasteiger partial charge in [-0.3, -0.25) is 9.79 Å². The number of furan rings is 1. The largest absolute Gasteiger partial charge is 0.467 e. The molecule has 3 rings (SSSR count). The highest BCUT2D eigenvalue weighted by molar-refractivity contribution is 8.14. The second-order valence-electron chi connectivity index (χ2n) is 6.13. The molecular formula is C18H17F4N3O2S. The van der Waals surface area contributed by atoms with E-state index in [2.05, 4.69) is 15.6 Å². The van der Waals surface area contributed by atoms with Gasteiger partial charge in [-0.2, -0.15) is 13.2 Å². The molecule has 0 radical (unpaired) electrons. The number of thioether (sulfide) groups is 1. The van der Waals surface area contributed by atoms with E-state index in [1.54, 1.807) is 12.1 Å². The zero-order chi connectivity index (χ0) is 20.1. The highest BCUT2D eigenvalue weighted by atomic mass is 32.2. The fourth-order valence-corrected chi connectivity index (χ4v) is 3.40. The SMILES string of the molecule is O=C(CSC1=N[C@H](c2ccco2)C[C@@H](C(F)(F)F)N1)NCc1ccc(F)cc1. The predicted molar refractivity (Wildman–Crippen MR) is 97.2 cm³/mol. The number of nitrogens with zero attached hydrogens (tertiary/aromatic N) is 1. The zero-order valence-electron chi connectivity index (χ0n) is 14.5. The number of hydrogen-bond acceptors (Lipinski definition) is 5. The third-order valence-electron chi connectivity index (χ3n) is 4.04. The number of hydrogen-bond donors (Lipinski definition) is 2. The summed E-state index contributed by atoms with van der Waals surface area (Å²) in [6.07, 6.45) is -3.35. The molecule has 2 N–H and O–H groups in total. The van der Waals surface area contributed by atoms with Crippen LogP contribution >= 0.6 is 11.8 Å². The summed E-state index contributed by atoms with van der Waals surface area (Å²) >= 11 is 0.889. The van der Waals surface area contributed by atoms with Crippen molar-refractivity contribution in [2.45, 2.75) is 31.2 Å². The monoisotopic (exact) mass is 415 g/mol. The first-order valence-corrected chi connectivity index (χ1v) is 9.38. The second kappa shape index (κ2) is 8.68. The summed E-state index contributed by atoms with van der Waals surface area (Å²) in [6.45, 7) is 0.194. The number of amides is 1. The van der Waals surface area contributed by atoms with Crippen LogP contribution in [0.5, 0.6) is 0 Å². The molecule has 2 heterocycles. The van der Waals surface area contributed by atoms with Crippen molar-refractivity contribution in [1.82, 2.24) is 10.6 Å². The van der Waals surface area contributed by atoms with Crippen LogP contribution in [0.3, 0.4) is 0 Å². The van der Waals surface area contributed by atoms with Gasteiger partial charge in [0.05, 0.1) is 12.0 Å². The highest BCUT2D eigenvalue weighted by Crippen LogP contribution is 2.34. The molecule has 2 atom stereocenters. The molecule has 1 aromatic carbocycles. The fourth-order valence-electron chi connectivity index (χ4n) is 2.61. The van der Waals surface area contributed by atoms with Crippen molar-refractivity contribution in [3.05, 3.63) is 59.8 Å². The zero-order valence-corrected chi connectivity index (χ0v) is 15.3. The molecular weight excluding hydrogens is 398 g/mol. The number of benzene rings is 1. The molecule has 150 valence electrons. The summed E-state index contributed by atoms with van der Waals surface area (Å²) in [5.41, 5.74) is 0.711. The molecule has 0 spiro atoms. The van der Waals surface area contributed by atoms with E-state index in [1.807, 2.05) is 0 Å². The van der Waals surface area contributed by atoms with E-state index < -0.39 is 18.3 Å². The van der Waals surface area contributed by atoms with Gasteiger partial charge in [-0.25, -0.2) is 4.39 Å². The van der Waals surface area contributed by atoms with Crippen LogP contribution in [0.4, 0.5) is 17.6 Å². The van der Waals surface area contributed by atoms with Gasteiger partial charge in [0.2, 0.25) is 5.91 Å². The van der Waals surface area contributed by atoms with Crippen LogP contribution in [0, 0.1) is 5.82 Å². The van der Waals surface area contributed by atoms with Gasteiger partial charge in [0.25, 0.3) is 0 Å². The first kappa shape index (κ1) is 20.2. The van der Waals surface area contributed by atoms with E-state index in [0.29, 0.717) is 11.3 Å². The average molecular weight is 415 g/mol. The lowest BCUT2D eigenvalue weighted by atomic mass is 10.0. The topological polar surface area (TPSA) is 66.6 Å². The van der Waals surface area contributed by atoms with Crippen molar-refractivity contribution in [1.29, 1.82) is 0 Å². The molecule has 1 amide bonds. The van der Waals surface area contributed by atoms with Gasteiger partial charge in [-0.1, -0.05) is 23.9 Å². The van der Waals surface area contributed by atoms with Gasteiger partial charge < -0.3 is 15.1 Å². The van der Waals surface area contributed by atoms with Crippen LogP contribution in [0.2, 0.25) is 0 Å². The van der Waals surface area contributed by atoms with Gasteiger partial charge in [-0.15, -0.1) is 0 Å². The quantitative estimate of drug-likeness (QED) is 0.730. The maximum atomic E-state index is 13.2. The Balaban J connectivity index is 1.57. The third-order valence-corrected chi connectivity index (χ3v) is 4.94. The molecule has 1 aliphatic heterocycles. The Labute approximate surface area is 162 Å². The molecule has 0 unspecified atom stereocenters. The van der Waals surface area contributed by atoms with Crippen LogP contribution in [0.1, 0.15) is 23.8 Å². The molecule has 1 aliphatic rings. The number of alkyl halides is 3. The number of amidine groups is 1. The Morgan fingerprint density at radius 1 is 1.29 bits per heavy atom. The standard InChI is InChI=1S/C18H17F4N3O2S/c19-12-5-3-11(4-6-12)9-23-16(26)10-28-17-24-13(14-2-1-7-27-14)8-15(25-17)18(20,21)22/h1-7,13,15H,8-10H2,(H,23,26)(H,24,25)/t13-,15-/m0/s1. The highest BCUT2D eigenvalue weighted by Gasteiger charge is 2.44. The number of rotatable bonds is 5. The van der Waals surface area contributed by atoms with Crippen LogP contribution in [0.25, 0.3) is 0 Å². The van der Waals surface area contributed by atoms with Crippen molar-refractivity contribution in [3.63, 3.8) is 0 Å². The Morgan fingerprint density at radius 3 is 2.68 bits per heavy atom. The minimum absolute atomic E-state index is 0.0342.